The van der Waals surface area contributed by atoms with Crippen molar-refractivity contribution in [3.8, 4) is 0 Å². The monoisotopic (exact) mass is 335 g/mol. The largest absolute Gasteiger partial charge is 0.330 e. The minimum absolute atomic E-state index is 0.0539. The summed E-state index contributed by atoms with van der Waals surface area (Å²) in [6.07, 6.45) is 5.09. The second-order valence-electron chi connectivity index (χ2n) is 6.12. The van der Waals surface area contributed by atoms with Crippen LogP contribution in [0.5, 0.6) is 0 Å². The molecule has 0 bridgehead atoms. The fourth-order valence-corrected chi connectivity index (χ4v) is 4.15. The Morgan fingerprint density at radius 3 is 2.43 bits per heavy atom. The van der Waals surface area contributed by atoms with Crippen LogP contribution in [-0.2, 0) is 10.0 Å². The van der Waals surface area contributed by atoms with Crippen molar-refractivity contribution in [3.63, 3.8) is 0 Å². The number of benzene rings is 1. The molecule has 6 nitrogen and oxygen atoms in total. The van der Waals surface area contributed by atoms with Gasteiger partial charge in [0.25, 0.3) is 10.0 Å². The van der Waals surface area contributed by atoms with E-state index in [-0.39, 0.29) is 23.5 Å². The van der Waals surface area contributed by atoms with Crippen LogP contribution in [0.15, 0.2) is 33.6 Å². The molecule has 1 aromatic rings. The molecule has 124 valence electrons. The number of nitrogens with zero attached hydrogens (tertiary/aromatic N) is 2. The number of amides is 2. The smallest absolute Gasteiger partial charge is 0.323 e. The normalized spacial score (nSPS) is 21.7. The molecule has 3 rings (SSSR count). The molecular weight excluding hydrogens is 314 g/mol. The Bertz CT molecular complexity index is 719. The predicted octanol–water partition coefficient (Wildman–Crippen LogP) is 2.44. The van der Waals surface area contributed by atoms with Crippen molar-refractivity contribution < 1.29 is 13.2 Å². The Balaban J connectivity index is 1.90. The lowest BCUT2D eigenvalue weighted by Crippen LogP contribution is -2.42. The lowest BCUT2D eigenvalue weighted by Gasteiger charge is -2.29. The van der Waals surface area contributed by atoms with Gasteiger partial charge in [-0.1, -0.05) is 37.0 Å². The Hall–Kier alpha value is -1.89. The standard InChI is InChI=1S/C16H21N3O3S/c1-12-7-9-14(10-8-12)23(21,22)18-15-11-17-16(20)19(15)13-5-3-2-4-6-13/h7-10,13H,2-6,11H2,1H3,(H,17,20)/b18-15+. The number of carbonyl (C=O) groups excluding carboxylic acids is 1. The fraction of sp³-hybridized carbons (Fsp3) is 0.500. The van der Waals surface area contributed by atoms with Crippen molar-refractivity contribution in [3.05, 3.63) is 29.8 Å². The summed E-state index contributed by atoms with van der Waals surface area (Å²) in [7, 11) is -3.80. The maximum Gasteiger partial charge on any atom is 0.323 e. The van der Waals surface area contributed by atoms with Gasteiger partial charge in [0.15, 0.2) is 0 Å². The first-order valence-corrected chi connectivity index (χ1v) is 9.39. The summed E-state index contributed by atoms with van der Waals surface area (Å²) in [6.45, 7) is 2.06. The lowest BCUT2D eigenvalue weighted by atomic mass is 9.94. The van der Waals surface area contributed by atoms with Crippen LogP contribution in [0.2, 0.25) is 0 Å². The molecule has 1 saturated carbocycles. The number of aryl methyl sites for hydroxylation is 1. The number of carbonyl (C=O) groups is 1. The molecule has 1 aliphatic carbocycles. The van der Waals surface area contributed by atoms with Crippen molar-refractivity contribution in [2.45, 2.75) is 50.0 Å². The molecule has 1 N–H and O–H groups in total. The third kappa shape index (κ3) is 3.39. The first-order valence-electron chi connectivity index (χ1n) is 7.95. The van der Waals surface area contributed by atoms with Gasteiger partial charge in [0.05, 0.1) is 11.4 Å². The number of hydrogen-bond donors (Lipinski definition) is 1. The molecule has 0 atom stereocenters. The number of nitrogens with one attached hydrogen (secondary N) is 1. The Kier molecular flexibility index (Phi) is 4.39. The van der Waals surface area contributed by atoms with Crippen LogP contribution in [0.25, 0.3) is 0 Å². The fourth-order valence-electron chi connectivity index (χ4n) is 3.14. The minimum atomic E-state index is -3.80. The predicted molar refractivity (Wildman–Crippen MR) is 87.9 cm³/mol. The second kappa shape index (κ2) is 6.31. The van der Waals surface area contributed by atoms with Gasteiger partial charge < -0.3 is 5.32 Å². The van der Waals surface area contributed by atoms with Gasteiger partial charge in [0.1, 0.15) is 5.84 Å². The van der Waals surface area contributed by atoms with Gasteiger partial charge in [0, 0.05) is 6.04 Å². The topological polar surface area (TPSA) is 78.8 Å². The highest BCUT2D eigenvalue weighted by molar-refractivity contribution is 7.90. The maximum absolute atomic E-state index is 12.5. The second-order valence-corrected chi connectivity index (χ2v) is 7.72. The third-order valence-corrected chi connectivity index (χ3v) is 5.70. The van der Waals surface area contributed by atoms with Crippen molar-refractivity contribution in [1.82, 2.24) is 10.2 Å². The van der Waals surface area contributed by atoms with Crippen molar-refractivity contribution in [1.29, 1.82) is 0 Å². The Morgan fingerprint density at radius 1 is 1.13 bits per heavy atom. The molecule has 1 aromatic carbocycles. The van der Waals surface area contributed by atoms with E-state index in [1.807, 2.05) is 6.92 Å². The van der Waals surface area contributed by atoms with E-state index in [0.717, 1.165) is 31.2 Å². The summed E-state index contributed by atoms with van der Waals surface area (Å²) in [4.78, 5) is 13.8. The van der Waals surface area contributed by atoms with Gasteiger partial charge in [-0.05, 0) is 31.9 Å². The van der Waals surface area contributed by atoms with E-state index in [1.54, 1.807) is 29.2 Å². The molecule has 0 spiro atoms. The highest BCUT2D eigenvalue weighted by atomic mass is 32.2. The average molecular weight is 335 g/mol. The van der Waals surface area contributed by atoms with Gasteiger partial charge in [-0.15, -0.1) is 4.40 Å². The summed E-state index contributed by atoms with van der Waals surface area (Å²) >= 11 is 0. The highest BCUT2D eigenvalue weighted by Crippen LogP contribution is 2.25. The molecular formula is C16H21N3O3S. The summed E-state index contributed by atoms with van der Waals surface area (Å²) in [5.41, 5.74) is 0.984. The van der Waals surface area contributed by atoms with Crippen LogP contribution >= 0.6 is 0 Å². The van der Waals surface area contributed by atoms with Crippen LogP contribution in [-0.4, -0.2) is 37.8 Å². The quantitative estimate of drug-likeness (QED) is 0.921. The van der Waals surface area contributed by atoms with Crippen LogP contribution in [0.3, 0.4) is 0 Å². The zero-order valence-electron chi connectivity index (χ0n) is 13.2. The first-order chi connectivity index (χ1) is 11.0. The zero-order chi connectivity index (χ0) is 16.4. The van der Waals surface area contributed by atoms with Crippen molar-refractivity contribution in [2.75, 3.05) is 6.54 Å². The molecule has 2 aliphatic rings. The summed E-state index contributed by atoms with van der Waals surface area (Å²) in [5.74, 6) is 0.308. The van der Waals surface area contributed by atoms with E-state index in [0.29, 0.717) is 5.84 Å². The lowest BCUT2D eigenvalue weighted by molar-refractivity contribution is 0.205. The SMILES string of the molecule is Cc1ccc(S(=O)(=O)/N=C2\CNC(=O)N2C2CCCCC2)cc1. The molecule has 1 aliphatic heterocycles. The average Bonchev–Trinajstić information content (AvgIpc) is 2.88. The number of hydrogen-bond acceptors (Lipinski definition) is 3. The van der Waals surface area contributed by atoms with E-state index < -0.39 is 10.0 Å². The van der Waals surface area contributed by atoms with Gasteiger partial charge >= 0.3 is 6.03 Å². The molecule has 0 radical (unpaired) electrons. The number of amidine groups is 1. The zero-order valence-corrected chi connectivity index (χ0v) is 14.0. The van der Waals surface area contributed by atoms with E-state index in [2.05, 4.69) is 9.71 Å². The van der Waals surface area contributed by atoms with E-state index in [9.17, 15) is 13.2 Å². The molecule has 0 unspecified atom stereocenters. The molecule has 2 fully saturated rings. The van der Waals surface area contributed by atoms with Crippen molar-refractivity contribution >= 4 is 21.9 Å². The molecule has 1 heterocycles. The van der Waals surface area contributed by atoms with Crippen LogP contribution < -0.4 is 5.32 Å². The van der Waals surface area contributed by atoms with E-state index in [4.69, 9.17) is 0 Å². The highest BCUT2D eigenvalue weighted by Gasteiger charge is 2.35. The molecule has 0 aromatic heterocycles. The summed E-state index contributed by atoms with van der Waals surface area (Å²) < 4.78 is 28.9. The van der Waals surface area contributed by atoms with Crippen LogP contribution in [0.4, 0.5) is 4.79 Å². The van der Waals surface area contributed by atoms with Gasteiger partial charge in [-0.25, -0.2) is 4.79 Å². The molecule has 7 heteroatoms. The Labute approximate surface area is 136 Å². The third-order valence-electron chi connectivity index (χ3n) is 4.38. The number of rotatable bonds is 3. The van der Waals surface area contributed by atoms with Crippen molar-refractivity contribution in [2.24, 2.45) is 4.40 Å². The maximum atomic E-state index is 12.5. The minimum Gasteiger partial charge on any atom is -0.330 e. The van der Waals surface area contributed by atoms with E-state index >= 15 is 0 Å². The molecule has 23 heavy (non-hydrogen) atoms. The molecule has 2 amide bonds. The first kappa shape index (κ1) is 16.0. The van der Waals surface area contributed by atoms with E-state index in [1.165, 1.54) is 6.42 Å². The summed E-state index contributed by atoms with van der Waals surface area (Å²) in [6, 6.07) is 6.38. The number of urea groups is 1. The number of sulfonamides is 1. The Morgan fingerprint density at radius 2 is 1.78 bits per heavy atom. The van der Waals surface area contributed by atoms with Gasteiger partial charge in [-0.2, -0.15) is 8.42 Å². The van der Waals surface area contributed by atoms with Gasteiger partial charge in [0.2, 0.25) is 0 Å². The van der Waals surface area contributed by atoms with Crippen LogP contribution in [0, 0.1) is 6.92 Å². The summed E-state index contributed by atoms with van der Waals surface area (Å²) in [5, 5.41) is 2.69. The molecule has 1 saturated heterocycles. The van der Waals surface area contributed by atoms with Gasteiger partial charge in [-0.3, -0.25) is 4.90 Å². The van der Waals surface area contributed by atoms with Crippen LogP contribution in [0.1, 0.15) is 37.7 Å².